The summed E-state index contributed by atoms with van der Waals surface area (Å²) in [5.74, 6) is -0.329. The van der Waals surface area contributed by atoms with E-state index in [2.05, 4.69) is 0 Å². The Balaban J connectivity index is 4.33. The number of nitriles is 1. The molecular weight excluding hydrogens is 210 g/mol. The summed E-state index contributed by atoms with van der Waals surface area (Å²) in [7, 11) is 1.42. The van der Waals surface area contributed by atoms with Crippen LogP contribution in [0.15, 0.2) is 11.3 Å². The van der Waals surface area contributed by atoms with Crippen LogP contribution in [0.5, 0.6) is 0 Å². The monoisotopic (exact) mass is 227 g/mol. The minimum absolute atomic E-state index is 0.0819. The van der Waals surface area contributed by atoms with Crippen molar-refractivity contribution in [2.75, 3.05) is 26.9 Å². The first-order valence-electron chi connectivity index (χ1n) is 5.13. The molecule has 0 atom stereocenters. The fourth-order valence-corrected chi connectivity index (χ4v) is 1.05. The van der Waals surface area contributed by atoms with Crippen molar-refractivity contribution < 1.29 is 19.0 Å². The predicted octanol–water partition coefficient (Wildman–Crippen LogP) is 1.40. The summed E-state index contributed by atoms with van der Waals surface area (Å²) in [6.07, 6.45) is 0.472. The number of nitrogens with zero attached hydrogens (tertiary/aromatic N) is 1. The molecule has 0 saturated carbocycles. The molecule has 0 aromatic carbocycles. The molecule has 0 bridgehead atoms. The lowest BCUT2D eigenvalue weighted by atomic mass is 10.2. The molecule has 5 heteroatoms. The number of methoxy groups -OCH3 is 1. The Hall–Kier alpha value is -1.54. The highest BCUT2D eigenvalue weighted by atomic mass is 16.6. The van der Waals surface area contributed by atoms with E-state index in [0.29, 0.717) is 25.4 Å². The number of allylic oxidation sites excluding steroid dienone is 1. The Bertz CT molecular complexity index is 285. The molecule has 0 unspecified atom stereocenters. The van der Waals surface area contributed by atoms with Crippen LogP contribution in [0.25, 0.3) is 0 Å². The highest BCUT2D eigenvalue weighted by Gasteiger charge is 2.16. The zero-order valence-electron chi connectivity index (χ0n) is 9.91. The first kappa shape index (κ1) is 14.5. The summed E-state index contributed by atoms with van der Waals surface area (Å²) in [6, 6.07) is 1.78. The molecular formula is C11H17NO4. The summed E-state index contributed by atoms with van der Waals surface area (Å²) in [5.41, 5.74) is -0.0819. The first-order chi connectivity index (χ1) is 7.71. The van der Waals surface area contributed by atoms with Crippen molar-refractivity contribution >= 4 is 5.97 Å². The van der Waals surface area contributed by atoms with Crippen LogP contribution in [0.1, 0.15) is 20.3 Å². The van der Waals surface area contributed by atoms with Gasteiger partial charge in [0.2, 0.25) is 0 Å². The van der Waals surface area contributed by atoms with Crippen LogP contribution in [0.4, 0.5) is 0 Å². The molecule has 0 aromatic rings. The van der Waals surface area contributed by atoms with Gasteiger partial charge in [-0.25, -0.2) is 4.79 Å². The third-order valence-electron chi connectivity index (χ3n) is 1.83. The van der Waals surface area contributed by atoms with E-state index in [4.69, 9.17) is 19.5 Å². The Morgan fingerprint density at radius 3 is 2.44 bits per heavy atom. The standard InChI is InChI=1S/C11H17NO4/c1-4-10(14-3)9(8-12)11(13)16-7-6-15-5-2/h4-7H2,1-3H3. The third kappa shape index (κ3) is 4.80. The van der Waals surface area contributed by atoms with Gasteiger partial charge in [-0.2, -0.15) is 5.26 Å². The van der Waals surface area contributed by atoms with Crippen molar-refractivity contribution in [3.8, 4) is 6.07 Å². The fourth-order valence-electron chi connectivity index (χ4n) is 1.05. The second-order valence-electron chi connectivity index (χ2n) is 2.80. The number of esters is 1. The van der Waals surface area contributed by atoms with Crippen LogP contribution < -0.4 is 0 Å². The van der Waals surface area contributed by atoms with Gasteiger partial charge in [0.25, 0.3) is 0 Å². The molecule has 0 fully saturated rings. The maximum absolute atomic E-state index is 11.5. The van der Waals surface area contributed by atoms with Crippen molar-refractivity contribution in [3.05, 3.63) is 11.3 Å². The van der Waals surface area contributed by atoms with Gasteiger partial charge >= 0.3 is 5.97 Å². The van der Waals surface area contributed by atoms with Gasteiger partial charge in [0, 0.05) is 13.0 Å². The summed E-state index contributed by atoms with van der Waals surface area (Å²) >= 11 is 0. The van der Waals surface area contributed by atoms with E-state index in [1.54, 1.807) is 13.0 Å². The Labute approximate surface area is 95.6 Å². The number of carbonyl (C=O) groups excluding carboxylic acids is 1. The zero-order chi connectivity index (χ0) is 12.4. The van der Waals surface area contributed by atoms with E-state index in [1.165, 1.54) is 7.11 Å². The lowest BCUT2D eigenvalue weighted by Gasteiger charge is -2.07. The lowest BCUT2D eigenvalue weighted by Crippen LogP contribution is -2.14. The van der Waals surface area contributed by atoms with Crippen molar-refractivity contribution in [1.29, 1.82) is 5.26 Å². The maximum Gasteiger partial charge on any atom is 0.352 e. The van der Waals surface area contributed by atoms with E-state index in [1.807, 2.05) is 6.92 Å². The molecule has 0 N–H and O–H groups in total. The van der Waals surface area contributed by atoms with Crippen LogP contribution in [0.2, 0.25) is 0 Å². The summed E-state index contributed by atoms with van der Waals surface area (Å²) < 4.78 is 14.8. The van der Waals surface area contributed by atoms with E-state index in [9.17, 15) is 4.79 Å². The minimum atomic E-state index is -0.666. The van der Waals surface area contributed by atoms with Gasteiger partial charge in [0.05, 0.1) is 13.7 Å². The Morgan fingerprint density at radius 2 is 2.00 bits per heavy atom. The number of rotatable bonds is 7. The second kappa shape index (κ2) is 8.74. The SMILES string of the molecule is CCOCCOC(=O)C(C#N)=C(CC)OC. The molecule has 0 aliphatic rings. The molecule has 0 saturated heterocycles. The number of hydrogen-bond acceptors (Lipinski definition) is 5. The van der Waals surface area contributed by atoms with Gasteiger partial charge in [-0.15, -0.1) is 0 Å². The fraction of sp³-hybridized carbons (Fsp3) is 0.636. The molecule has 0 radical (unpaired) electrons. The lowest BCUT2D eigenvalue weighted by molar-refractivity contribution is -0.140. The normalized spacial score (nSPS) is 11.4. The summed E-state index contributed by atoms with van der Waals surface area (Å²) in [6.45, 7) is 4.68. The first-order valence-corrected chi connectivity index (χ1v) is 5.13. The molecule has 90 valence electrons. The van der Waals surface area contributed by atoms with E-state index >= 15 is 0 Å². The highest BCUT2D eigenvalue weighted by Crippen LogP contribution is 2.10. The minimum Gasteiger partial charge on any atom is -0.499 e. The van der Waals surface area contributed by atoms with Crippen LogP contribution in [0, 0.1) is 11.3 Å². The quantitative estimate of drug-likeness (QED) is 0.216. The topological polar surface area (TPSA) is 68.5 Å². The Morgan fingerprint density at radius 1 is 1.31 bits per heavy atom. The second-order valence-corrected chi connectivity index (χ2v) is 2.80. The van der Waals surface area contributed by atoms with Crippen molar-refractivity contribution in [3.63, 3.8) is 0 Å². The van der Waals surface area contributed by atoms with E-state index in [0.717, 1.165) is 0 Å². The van der Waals surface area contributed by atoms with Crippen LogP contribution >= 0.6 is 0 Å². The van der Waals surface area contributed by atoms with Crippen LogP contribution in [-0.4, -0.2) is 32.9 Å². The largest absolute Gasteiger partial charge is 0.499 e. The molecule has 0 amide bonds. The predicted molar refractivity (Wildman–Crippen MR) is 57.4 cm³/mol. The maximum atomic E-state index is 11.5. The zero-order valence-corrected chi connectivity index (χ0v) is 9.91. The molecule has 0 aromatic heterocycles. The summed E-state index contributed by atoms with van der Waals surface area (Å²) in [5, 5.41) is 8.81. The van der Waals surface area contributed by atoms with Gasteiger partial charge in [-0.1, -0.05) is 6.92 Å². The molecule has 0 aliphatic carbocycles. The van der Waals surface area contributed by atoms with Gasteiger partial charge in [0.1, 0.15) is 18.4 Å². The van der Waals surface area contributed by atoms with E-state index in [-0.39, 0.29) is 12.2 Å². The molecule has 0 rings (SSSR count). The number of ether oxygens (including phenoxy) is 3. The van der Waals surface area contributed by atoms with Crippen molar-refractivity contribution in [1.82, 2.24) is 0 Å². The van der Waals surface area contributed by atoms with E-state index < -0.39 is 5.97 Å². The number of carbonyl (C=O) groups is 1. The Kier molecular flexibility index (Phi) is 7.90. The highest BCUT2D eigenvalue weighted by molar-refractivity contribution is 5.93. The number of hydrogen-bond donors (Lipinski definition) is 0. The molecule has 5 nitrogen and oxygen atoms in total. The third-order valence-corrected chi connectivity index (χ3v) is 1.83. The van der Waals surface area contributed by atoms with Crippen molar-refractivity contribution in [2.45, 2.75) is 20.3 Å². The smallest absolute Gasteiger partial charge is 0.352 e. The van der Waals surface area contributed by atoms with Crippen molar-refractivity contribution in [2.24, 2.45) is 0 Å². The van der Waals surface area contributed by atoms with Gasteiger partial charge in [-0.05, 0) is 6.92 Å². The molecule has 0 aliphatic heterocycles. The molecule has 16 heavy (non-hydrogen) atoms. The van der Waals surface area contributed by atoms with Crippen LogP contribution in [-0.2, 0) is 19.0 Å². The van der Waals surface area contributed by atoms with Gasteiger partial charge < -0.3 is 14.2 Å². The van der Waals surface area contributed by atoms with Gasteiger partial charge in [0.15, 0.2) is 5.57 Å². The van der Waals surface area contributed by atoms with Crippen LogP contribution in [0.3, 0.4) is 0 Å². The summed E-state index contributed by atoms with van der Waals surface area (Å²) in [4.78, 5) is 11.5. The molecule has 0 heterocycles. The average Bonchev–Trinajstić information content (AvgIpc) is 2.31. The average molecular weight is 227 g/mol. The van der Waals surface area contributed by atoms with Gasteiger partial charge in [-0.3, -0.25) is 0 Å². The molecule has 0 spiro atoms.